The standard InChI is InChI=1S/C14H12N2O/c1-17-13-9-5-8-12(10-13)14(16-15)11-6-3-2-4-7-11/h2-10H,1H3. The molecule has 3 heteroatoms. The third-order valence-electron chi connectivity index (χ3n) is 2.49. The Morgan fingerprint density at radius 1 is 1.00 bits per heavy atom. The van der Waals surface area contributed by atoms with Crippen molar-refractivity contribution in [3.63, 3.8) is 0 Å². The zero-order valence-electron chi connectivity index (χ0n) is 9.50. The maximum absolute atomic E-state index is 9.14. The van der Waals surface area contributed by atoms with E-state index in [0.29, 0.717) is 5.71 Å². The van der Waals surface area contributed by atoms with Crippen LogP contribution in [-0.2, 0) is 0 Å². The molecular weight excluding hydrogens is 212 g/mol. The summed E-state index contributed by atoms with van der Waals surface area (Å²) in [6.45, 7) is 0. The van der Waals surface area contributed by atoms with Crippen LogP contribution < -0.4 is 4.74 Å². The van der Waals surface area contributed by atoms with Gasteiger partial charge in [0.2, 0.25) is 0 Å². The molecule has 0 aliphatic rings. The van der Waals surface area contributed by atoms with Crippen molar-refractivity contribution >= 4 is 5.71 Å². The summed E-state index contributed by atoms with van der Waals surface area (Å²) in [5, 5.41) is 0. The van der Waals surface area contributed by atoms with E-state index in [1.165, 1.54) is 0 Å². The van der Waals surface area contributed by atoms with Gasteiger partial charge in [-0.3, -0.25) is 0 Å². The van der Waals surface area contributed by atoms with E-state index in [0.717, 1.165) is 16.9 Å². The molecule has 0 fully saturated rings. The number of benzene rings is 2. The largest absolute Gasteiger partial charge is 0.497 e. The van der Waals surface area contributed by atoms with E-state index in [1.807, 2.05) is 54.6 Å². The van der Waals surface area contributed by atoms with Gasteiger partial charge in [0, 0.05) is 0 Å². The number of hydrogen-bond donors (Lipinski definition) is 0. The Morgan fingerprint density at radius 3 is 2.35 bits per heavy atom. The Labute approximate surface area is 99.9 Å². The summed E-state index contributed by atoms with van der Waals surface area (Å²) in [5.41, 5.74) is 11.4. The summed E-state index contributed by atoms with van der Waals surface area (Å²) in [6.07, 6.45) is 0. The van der Waals surface area contributed by atoms with Gasteiger partial charge in [0.25, 0.3) is 0 Å². The molecule has 0 unspecified atom stereocenters. The topological polar surface area (TPSA) is 45.6 Å². The van der Waals surface area contributed by atoms with Crippen molar-refractivity contribution in [1.29, 1.82) is 0 Å². The molecule has 3 nitrogen and oxygen atoms in total. The van der Waals surface area contributed by atoms with E-state index >= 15 is 0 Å². The molecule has 0 N–H and O–H groups in total. The molecule has 0 bridgehead atoms. The van der Waals surface area contributed by atoms with Crippen LogP contribution in [0.5, 0.6) is 5.75 Å². The highest BCUT2D eigenvalue weighted by molar-refractivity contribution is 6.09. The van der Waals surface area contributed by atoms with Crippen LogP contribution in [-0.4, -0.2) is 17.6 Å². The lowest BCUT2D eigenvalue weighted by molar-refractivity contribution is -0.00280. The predicted molar refractivity (Wildman–Crippen MR) is 66.3 cm³/mol. The van der Waals surface area contributed by atoms with Gasteiger partial charge in [0.15, 0.2) is 0 Å². The number of rotatable bonds is 3. The van der Waals surface area contributed by atoms with Crippen molar-refractivity contribution in [2.24, 2.45) is 0 Å². The molecule has 2 aromatic rings. The van der Waals surface area contributed by atoms with Gasteiger partial charge in [-0.25, -0.2) is 0 Å². The average Bonchev–Trinajstić information content (AvgIpc) is 2.41. The number of methoxy groups -OCH3 is 1. The second-order valence-electron chi connectivity index (χ2n) is 3.55. The Balaban J connectivity index is 2.47. The van der Waals surface area contributed by atoms with Gasteiger partial charge >= 0.3 is 5.71 Å². The van der Waals surface area contributed by atoms with Gasteiger partial charge in [-0.2, -0.15) is 4.79 Å². The van der Waals surface area contributed by atoms with Crippen LogP contribution in [0.2, 0.25) is 0 Å². The summed E-state index contributed by atoms with van der Waals surface area (Å²) in [6, 6.07) is 17.0. The highest BCUT2D eigenvalue weighted by atomic mass is 16.5. The molecule has 17 heavy (non-hydrogen) atoms. The van der Waals surface area contributed by atoms with Gasteiger partial charge in [-0.05, 0) is 30.3 Å². The summed E-state index contributed by atoms with van der Waals surface area (Å²) in [5.74, 6) is 0.736. The first-order valence-corrected chi connectivity index (χ1v) is 5.27. The third-order valence-corrected chi connectivity index (χ3v) is 2.49. The van der Waals surface area contributed by atoms with Gasteiger partial charge in [0.05, 0.1) is 18.2 Å². The predicted octanol–water partition coefficient (Wildman–Crippen LogP) is 2.76. The first-order chi connectivity index (χ1) is 8.35. The van der Waals surface area contributed by atoms with Crippen molar-refractivity contribution in [3.05, 3.63) is 71.3 Å². The number of nitrogens with zero attached hydrogens (tertiary/aromatic N) is 2. The maximum Gasteiger partial charge on any atom is 0.329 e. The SMILES string of the molecule is COc1cccc(C(=[N+]=[N-])c2ccccc2)c1. The molecule has 0 spiro atoms. The monoisotopic (exact) mass is 224 g/mol. The first kappa shape index (κ1) is 11.1. The molecule has 0 saturated carbocycles. The van der Waals surface area contributed by atoms with Gasteiger partial charge in [-0.1, -0.05) is 24.3 Å². The summed E-state index contributed by atoms with van der Waals surface area (Å²) >= 11 is 0. The second kappa shape index (κ2) is 5.10. The molecule has 0 aromatic heterocycles. The van der Waals surface area contributed by atoms with E-state index in [9.17, 15) is 0 Å². The van der Waals surface area contributed by atoms with E-state index in [-0.39, 0.29) is 0 Å². The minimum absolute atomic E-state index is 0.532. The Morgan fingerprint density at radius 2 is 1.71 bits per heavy atom. The minimum Gasteiger partial charge on any atom is -0.497 e. The summed E-state index contributed by atoms with van der Waals surface area (Å²) < 4.78 is 5.15. The van der Waals surface area contributed by atoms with Crippen molar-refractivity contribution in [2.75, 3.05) is 7.11 Å². The Hall–Kier alpha value is -2.38. The second-order valence-corrected chi connectivity index (χ2v) is 3.55. The van der Waals surface area contributed by atoms with Crippen LogP contribution in [0.4, 0.5) is 0 Å². The van der Waals surface area contributed by atoms with Gasteiger partial charge < -0.3 is 10.3 Å². The summed E-state index contributed by atoms with van der Waals surface area (Å²) in [4.78, 5) is 3.37. The van der Waals surface area contributed by atoms with Crippen LogP contribution in [0.25, 0.3) is 5.53 Å². The zero-order chi connectivity index (χ0) is 12.1. The maximum atomic E-state index is 9.14. The molecule has 0 radical (unpaired) electrons. The van der Waals surface area contributed by atoms with Crippen molar-refractivity contribution < 1.29 is 9.53 Å². The smallest absolute Gasteiger partial charge is 0.329 e. The zero-order valence-corrected chi connectivity index (χ0v) is 9.50. The molecule has 0 heterocycles. The lowest BCUT2D eigenvalue weighted by Crippen LogP contribution is -2.04. The van der Waals surface area contributed by atoms with Gasteiger partial charge in [-0.15, -0.1) is 0 Å². The molecule has 0 atom stereocenters. The molecule has 0 amide bonds. The highest BCUT2D eigenvalue weighted by Crippen LogP contribution is 2.15. The van der Waals surface area contributed by atoms with Crippen LogP contribution in [0.15, 0.2) is 54.6 Å². The van der Waals surface area contributed by atoms with E-state index in [1.54, 1.807) is 7.11 Å². The molecule has 2 aromatic carbocycles. The summed E-state index contributed by atoms with van der Waals surface area (Å²) in [7, 11) is 1.61. The highest BCUT2D eigenvalue weighted by Gasteiger charge is 2.14. The Bertz CT molecular complexity index is 557. The number of ether oxygens (including phenoxy) is 1. The molecule has 0 saturated heterocycles. The Kier molecular flexibility index (Phi) is 3.34. The molecule has 0 aliphatic heterocycles. The quantitative estimate of drug-likeness (QED) is 0.449. The van der Waals surface area contributed by atoms with E-state index < -0.39 is 0 Å². The van der Waals surface area contributed by atoms with Crippen molar-refractivity contribution in [3.8, 4) is 5.75 Å². The lowest BCUT2D eigenvalue weighted by Gasteiger charge is -2.01. The van der Waals surface area contributed by atoms with Gasteiger partial charge in [0.1, 0.15) is 5.75 Å². The fraction of sp³-hybridized carbons (Fsp3) is 0.0714. The van der Waals surface area contributed by atoms with Crippen LogP contribution >= 0.6 is 0 Å². The minimum atomic E-state index is 0.532. The number of hydrogen-bond acceptors (Lipinski definition) is 1. The van der Waals surface area contributed by atoms with E-state index in [2.05, 4.69) is 4.79 Å². The van der Waals surface area contributed by atoms with Crippen LogP contribution in [0.1, 0.15) is 11.1 Å². The van der Waals surface area contributed by atoms with E-state index in [4.69, 9.17) is 10.3 Å². The molecule has 0 aliphatic carbocycles. The molecular formula is C14H12N2O. The van der Waals surface area contributed by atoms with Crippen LogP contribution in [0.3, 0.4) is 0 Å². The normalized spacial score (nSPS) is 9.47. The van der Waals surface area contributed by atoms with Crippen molar-refractivity contribution in [1.82, 2.24) is 0 Å². The lowest BCUT2D eigenvalue weighted by atomic mass is 10.0. The fourth-order valence-corrected chi connectivity index (χ4v) is 1.65. The van der Waals surface area contributed by atoms with Crippen molar-refractivity contribution in [2.45, 2.75) is 0 Å². The van der Waals surface area contributed by atoms with Crippen LogP contribution in [0, 0.1) is 0 Å². The first-order valence-electron chi connectivity index (χ1n) is 5.27. The average molecular weight is 224 g/mol. The molecule has 2 rings (SSSR count). The fourth-order valence-electron chi connectivity index (χ4n) is 1.65. The molecule has 84 valence electrons. The third kappa shape index (κ3) is 2.41.